The van der Waals surface area contributed by atoms with Gasteiger partial charge in [0.2, 0.25) is 6.29 Å². The standard InChI is InChI=1S/C14H20O6/c1-6-4-9(15)7(2)10(5-6)20-14-13(18)12(17)11(16)8(3)19-14/h4-5,8,11-18H,1-3H3/t8-,11-,12+,13+,14-/m0/s1. The summed E-state index contributed by atoms with van der Waals surface area (Å²) in [5.74, 6) is 0.446. The first-order valence-electron chi connectivity index (χ1n) is 6.47. The monoisotopic (exact) mass is 284 g/mol. The highest BCUT2D eigenvalue weighted by Crippen LogP contribution is 2.31. The number of rotatable bonds is 2. The summed E-state index contributed by atoms with van der Waals surface area (Å²) in [6.45, 7) is 5.05. The molecule has 1 heterocycles. The third-order valence-electron chi connectivity index (χ3n) is 3.53. The molecule has 20 heavy (non-hydrogen) atoms. The maximum absolute atomic E-state index is 9.89. The highest BCUT2D eigenvalue weighted by molar-refractivity contribution is 5.46. The molecular formula is C14H20O6. The lowest BCUT2D eigenvalue weighted by atomic mass is 10.00. The van der Waals surface area contributed by atoms with Crippen LogP contribution in [0.1, 0.15) is 18.1 Å². The first-order valence-corrected chi connectivity index (χ1v) is 6.47. The molecule has 2 rings (SSSR count). The largest absolute Gasteiger partial charge is 0.508 e. The van der Waals surface area contributed by atoms with Crippen molar-refractivity contribution in [3.05, 3.63) is 23.3 Å². The fraction of sp³-hybridized carbons (Fsp3) is 0.571. The van der Waals surface area contributed by atoms with Crippen LogP contribution in [0.25, 0.3) is 0 Å². The second-order valence-electron chi connectivity index (χ2n) is 5.21. The van der Waals surface area contributed by atoms with Crippen molar-refractivity contribution in [3.8, 4) is 11.5 Å². The van der Waals surface area contributed by atoms with Crippen molar-refractivity contribution in [1.29, 1.82) is 0 Å². The first-order chi connectivity index (χ1) is 9.31. The molecule has 4 N–H and O–H groups in total. The van der Waals surface area contributed by atoms with Crippen molar-refractivity contribution in [1.82, 2.24) is 0 Å². The summed E-state index contributed by atoms with van der Waals surface area (Å²) in [6, 6.07) is 3.30. The molecule has 0 bridgehead atoms. The molecule has 0 aliphatic carbocycles. The van der Waals surface area contributed by atoms with E-state index < -0.39 is 30.7 Å². The van der Waals surface area contributed by atoms with Gasteiger partial charge in [-0.15, -0.1) is 0 Å². The minimum absolute atomic E-state index is 0.0823. The van der Waals surface area contributed by atoms with Crippen LogP contribution in [0.2, 0.25) is 0 Å². The van der Waals surface area contributed by atoms with Crippen LogP contribution in [0.5, 0.6) is 11.5 Å². The smallest absolute Gasteiger partial charge is 0.229 e. The summed E-state index contributed by atoms with van der Waals surface area (Å²) in [5.41, 5.74) is 1.31. The molecule has 6 nitrogen and oxygen atoms in total. The van der Waals surface area contributed by atoms with Crippen LogP contribution in [0, 0.1) is 13.8 Å². The Kier molecular flexibility index (Phi) is 4.19. The van der Waals surface area contributed by atoms with Gasteiger partial charge < -0.3 is 29.9 Å². The average Bonchev–Trinajstić information content (AvgIpc) is 2.39. The Balaban J connectivity index is 2.21. The lowest BCUT2D eigenvalue weighted by Crippen LogP contribution is -2.58. The fourth-order valence-electron chi connectivity index (χ4n) is 2.17. The maximum atomic E-state index is 9.89. The zero-order valence-corrected chi connectivity index (χ0v) is 11.6. The molecule has 1 aliphatic heterocycles. The summed E-state index contributed by atoms with van der Waals surface area (Å²) >= 11 is 0. The molecule has 1 saturated heterocycles. The Bertz CT molecular complexity index is 489. The summed E-state index contributed by atoms with van der Waals surface area (Å²) < 4.78 is 10.9. The molecule has 0 amide bonds. The summed E-state index contributed by atoms with van der Waals surface area (Å²) in [6.07, 6.45) is -5.66. The minimum atomic E-state index is -1.37. The number of phenols is 1. The quantitative estimate of drug-likeness (QED) is 0.620. The maximum Gasteiger partial charge on any atom is 0.229 e. The van der Waals surface area contributed by atoms with E-state index in [1.165, 1.54) is 0 Å². The number of hydrogen-bond donors (Lipinski definition) is 4. The average molecular weight is 284 g/mol. The molecule has 0 spiro atoms. The lowest BCUT2D eigenvalue weighted by molar-refractivity contribution is -0.268. The molecule has 0 unspecified atom stereocenters. The molecule has 5 atom stereocenters. The van der Waals surface area contributed by atoms with Crippen LogP contribution in [0.3, 0.4) is 0 Å². The van der Waals surface area contributed by atoms with Crippen LogP contribution >= 0.6 is 0 Å². The van der Waals surface area contributed by atoms with E-state index in [4.69, 9.17) is 9.47 Å². The summed E-state index contributed by atoms with van der Waals surface area (Å²) in [4.78, 5) is 0. The Morgan fingerprint density at radius 2 is 1.70 bits per heavy atom. The van der Waals surface area contributed by atoms with Crippen molar-refractivity contribution in [2.24, 2.45) is 0 Å². The van der Waals surface area contributed by atoms with Gasteiger partial charge in [-0.2, -0.15) is 0 Å². The van der Waals surface area contributed by atoms with Crippen LogP contribution in [0.4, 0.5) is 0 Å². The molecule has 112 valence electrons. The van der Waals surface area contributed by atoms with Crippen molar-refractivity contribution < 1.29 is 29.9 Å². The Morgan fingerprint density at radius 1 is 1.05 bits per heavy atom. The second kappa shape index (κ2) is 5.57. The van der Waals surface area contributed by atoms with Crippen molar-refractivity contribution in [3.63, 3.8) is 0 Å². The number of aromatic hydroxyl groups is 1. The van der Waals surface area contributed by atoms with Gasteiger partial charge in [-0.05, 0) is 38.5 Å². The van der Waals surface area contributed by atoms with Gasteiger partial charge in [-0.25, -0.2) is 0 Å². The number of aliphatic hydroxyl groups excluding tert-OH is 3. The van der Waals surface area contributed by atoms with Gasteiger partial charge in [0.25, 0.3) is 0 Å². The van der Waals surface area contributed by atoms with Crippen molar-refractivity contribution in [2.75, 3.05) is 0 Å². The number of aliphatic hydroxyl groups is 3. The third kappa shape index (κ3) is 2.73. The van der Waals surface area contributed by atoms with E-state index in [1.54, 1.807) is 32.9 Å². The SMILES string of the molecule is Cc1cc(O)c(C)c(O[C@@H]2O[C@@H](C)[C@H](O)[C@@H](O)[C@H]2O)c1. The molecule has 1 aliphatic rings. The van der Waals surface area contributed by atoms with Gasteiger partial charge in [-0.3, -0.25) is 0 Å². The third-order valence-corrected chi connectivity index (χ3v) is 3.53. The first kappa shape index (κ1) is 15.1. The van der Waals surface area contributed by atoms with E-state index in [0.717, 1.165) is 5.56 Å². The summed E-state index contributed by atoms with van der Waals surface area (Å²) in [5, 5.41) is 39.0. The summed E-state index contributed by atoms with van der Waals surface area (Å²) in [7, 11) is 0. The molecule has 1 aromatic rings. The topological polar surface area (TPSA) is 99.4 Å². The molecular weight excluding hydrogens is 264 g/mol. The van der Waals surface area contributed by atoms with Gasteiger partial charge in [0.05, 0.1) is 6.10 Å². The molecule has 1 aromatic carbocycles. The molecule has 0 aromatic heterocycles. The highest BCUT2D eigenvalue weighted by atomic mass is 16.7. The Hall–Kier alpha value is -1.34. The van der Waals surface area contributed by atoms with Crippen LogP contribution < -0.4 is 4.74 Å². The van der Waals surface area contributed by atoms with E-state index in [0.29, 0.717) is 11.3 Å². The van der Waals surface area contributed by atoms with Gasteiger partial charge >= 0.3 is 0 Å². The molecule has 0 saturated carbocycles. The number of benzene rings is 1. The fourth-order valence-corrected chi connectivity index (χ4v) is 2.17. The number of ether oxygens (including phenoxy) is 2. The minimum Gasteiger partial charge on any atom is -0.508 e. The predicted molar refractivity (Wildman–Crippen MR) is 70.6 cm³/mol. The van der Waals surface area contributed by atoms with E-state index in [2.05, 4.69) is 0 Å². The molecule has 0 radical (unpaired) electrons. The normalized spacial score (nSPS) is 34.0. The van der Waals surface area contributed by atoms with Crippen LogP contribution in [0.15, 0.2) is 12.1 Å². The number of aryl methyl sites for hydroxylation is 1. The van der Waals surface area contributed by atoms with Gasteiger partial charge in [0, 0.05) is 5.56 Å². The Labute approximate surface area is 117 Å². The van der Waals surface area contributed by atoms with E-state index in [9.17, 15) is 20.4 Å². The van der Waals surface area contributed by atoms with Gasteiger partial charge in [-0.1, -0.05) is 0 Å². The number of phenolic OH excluding ortho intramolecular Hbond substituents is 1. The number of hydrogen-bond acceptors (Lipinski definition) is 6. The predicted octanol–water partition coefficient (Wildman–Crippen LogP) is 0.215. The van der Waals surface area contributed by atoms with E-state index in [1.807, 2.05) is 0 Å². The Morgan fingerprint density at radius 3 is 2.35 bits per heavy atom. The van der Waals surface area contributed by atoms with Crippen LogP contribution in [-0.4, -0.2) is 51.1 Å². The molecule has 6 heteroatoms. The van der Waals surface area contributed by atoms with Crippen LogP contribution in [-0.2, 0) is 4.74 Å². The zero-order chi connectivity index (χ0) is 15.0. The van der Waals surface area contributed by atoms with Gasteiger partial charge in [0.15, 0.2) is 0 Å². The highest BCUT2D eigenvalue weighted by Gasteiger charge is 2.43. The zero-order valence-electron chi connectivity index (χ0n) is 11.6. The van der Waals surface area contributed by atoms with E-state index >= 15 is 0 Å². The molecule has 1 fully saturated rings. The van der Waals surface area contributed by atoms with Crippen molar-refractivity contribution in [2.45, 2.75) is 51.5 Å². The van der Waals surface area contributed by atoms with Gasteiger partial charge in [0.1, 0.15) is 29.8 Å². The van der Waals surface area contributed by atoms with Crippen molar-refractivity contribution >= 4 is 0 Å². The lowest BCUT2D eigenvalue weighted by Gasteiger charge is -2.39. The second-order valence-corrected chi connectivity index (χ2v) is 5.21. The van der Waals surface area contributed by atoms with E-state index in [-0.39, 0.29) is 5.75 Å².